The van der Waals surface area contributed by atoms with Gasteiger partial charge in [-0.05, 0) is 67.2 Å². The second-order valence-corrected chi connectivity index (χ2v) is 8.83. The Morgan fingerprint density at radius 1 is 1.06 bits per heavy atom. The third-order valence-corrected chi connectivity index (χ3v) is 6.44. The highest BCUT2D eigenvalue weighted by atomic mass is 35.5. The average Bonchev–Trinajstić information content (AvgIpc) is 3.02. The lowest BCUT2D eigenvalue weighted by Gasteiger charge is -2.39. The standard InChI is InChI=1S/C25H32N4O3.2ClH/c1-17-14-23(27-25(31)32)22-15-21(8-9-24(22)29(17)18(2)30)20-6-4-19(5-7-20)16-28-12-3-10-26-11-13-28;;/h4-9,15,17,23,26-27H,3,10-14,16H2,1-2H3,(H,31,32);2*1H. The van der Waals surface area contributed by atoms with Crippen molar-refractivity contribution in [2.24, 2.45) is 0 Å². The number of nitrogens with one attached hydrogen (secondary N) is 2. The SMILES string of the molecule is CC(=O)N1c2ccc(-c3ccc(CN4CCCNCC4)cc3)cc2C(NC(=O)O)CC1C.Cl.Cl. The first kappa shape index (κ1) is 27.9. The van der Waals surface area contributed by atoms with Crippen LogP contribution in [-0.2, 0) is 11.3 Å². The minimum Gasteiger partial charge on any atom is -0.465 e. The van der Waals surface area contributed by atoms with Crippen LogP contribution in [0.25, 0.3) is 11.1 Å². The van der Waals surface area contributed by atoms with E-state index in [0.29, 0.717) is 6.42 Å². The minimum atomic E-state index is -1.05. The Morgan fingerprint density at radius 2 is 1.76 bits per heavy atom. The highest BCUT2D eigenvalue weighted by Crippen LogP contribution is 2.39. The van der Waals surface area contributed by atoms with Gasteiger partial charge in [-0.2, -0.15) is 0 Å². The van der Waals surface area contributed by atoms with Crippen LogP contribution in [0.5, 0.6) is 0 Å². The van der Waals surface area contributed by atoms with Gasteiger partial charge >= 0.3 is 6.09 Å². The molecule has 34 heavy (non-hydrogen) atoms. The molecule has 2 unspecified atom stereocenters. The number of benzene rings is 2. The number of hydrogen-bond acceptors (Lipinski definition) is 4. The molecule has 2 aliphatic heterocycles. The Hall–Kier alpha value is -2.32. The maximum Gasteiger partial charge on any atom is 0.405 e. The Morgan fingerprint density at radius 3 is 2.44 bits per heavy atom. The number of hydrogen-bond donors (Lipinski definition) is 3. The number of rotatable bonds is 4. The molecule has 3 N–H and O–H groups in total. The van der Waals surface area contributed by atoms with Gasteiger partial charge in [0, 0.05) is 38.3 Å². The fraction of sp³-hybridized carbons (Fsp3) is 0.440. The zero-order chi connectivity index (χ0) is 22.7. The van der Waals surface area contributed by atoms with E-state index in [4.69, 9.17) is 0 Å². The minimum absolute atomic E-state index is 0. The van der Waals surface area contributed by atoms with Crippen LogP contribution >= 0.6 is 24.8 Å². The topological polar surface area (TPSA) is 84.9 Å². The van der Waals surface area contributed by atoms with Crippen molar-refractivity contribution in [1.29, 1.82) is 0 Å². The van der Waals surface area contributed by atoms with Gasteiger partial charge in [-0.3, -0.25) is 9.69 Å². The molecule has 7 nitrogen and oxygen atoms in total. The zero-order valence-electron chi connectivity index (χ0n) is 19.6. The summed E-state index contributed by atoms with van der Waals surface area (Å²) >= 11 is 0. The molecular formula is C25H34Cl2N4O3. The quantitative estimate of drug-likeness (QED) is 0.568. The Kier molecular flexibility index (Phi) is 10.2. The number of anilines is 1. The Labute approximate surface area is 213 Å². The number of halogens is 2. The van der Waals surface area contributed by atoms with Crippen molar-refractivity contribution in [3.8, 4) is 11.1 Å². The van der Waals surface area contributed by atoms with Crippen LogP contribution in [0.2, 0.25) is 0 Å². The summed E-state index contributed by atoms with van der Waals surface area (Å²) in [5, 5.41) is 15.4. The zero-order valence-corrected chi connectivity index (χ0v) is 21.3. The predicted octanol–water partition coefficient (Wildman–Crippen LogP) is 4.45. The van der Waals surface area contributed by atoms with Crippen LogP contribution in [0.3, 0.4) is 0 Å². The second-order valence-electron chi connectivity index (χ2n) is 8.83. The van der Waals surface area contributed by atoms with Gasteiger partial charge in [0.1, 0.15) is 0 Å². The van der Waals surface area contributed by atoms with E-state index >= 15 is 0 Å². The lowest BCUT2D eigenvalue weighted by atomic mass is 9.89. The molecule has 0 aromatic heterocycles. The summed E-state index contributed by atoms with van der Waals surface area (Å²) in [6.07, 6.45) is 0.670. The lowest BCUT2D eigenvalue weighted by molar-refractivity contribution is -0.117. The first-order valence-corrected chi connectivity index (χ1v) is 11.4. The smallest absolute Gasteiger partial charge is 0.405 e. The van der Waals surface area contributed by atoms with Gasteiger partial charge < -0.3 is 20.6 Å². The van der Waals surface area contributed by atoms with Gasteiger partial charge in [-0.25, -0.2) is 4.79 Å². The molecule has 186 valence electrons. The van der Waals surface area contributed by atoms with E-state index in [9.17, 15) is 14.7 Å². The van der Waals surface area contributed by atoms with Gasteiger partial charge in [0.25, 0.3) is 0 Å². The highest BCUT2D eigenvalue weighted by molar-refractivity contribution is 5.94. The molecule has 9 heteroatoms. The number of amides is 2. The summed E-state index contributed by atoms with van der Waals surface area (Å²) < 4.78 is 0. The van der Waals surface area contributed by atoms with Gasteiger partial charge in [0.15, 0.2) is 0 Å². The van der Waals surface area contributed by atoms with Gasteiger partial charge in [-0.1, -0.05) is 30.3 Å². The number of carbonyl (C=O) groups is 2. The van der Waals surface area contributed by atoms with Crippen molar-refractivity contribution < 1.29 is 14.7 Å². The summed E-state index contributed by atoms with van der Waals surface area (Å²) in [5.41, 5.74) is 5.01. The van der Waals surface area contributed by atoms with E-state index in [1.807, 2.05) is 25.1 Å². The molecule has 0 bridgehead atoms. The first-order valence-electron chi connectivity index (χ1n) is 11.4. The predicted molar refractivity (Wildman–Crippen MR) is 140 cm³/mol. The van der Waals surface area contributed by atoms with Crippen LogP contribution < -0.4 is 15.5 Å². The molecule has 2 aliphatic rings. The van der Waals surface area contributed by atoms with E-state index in [-0.39, 0.29) is 42.8 Å². The molecule has 2 heterocycles. The molecule has 0 aliphatic carbocycles. The number of carbonyl (C=O) groups excluding carboxylic acids is 1. The van der Waals surface area contributed by atoms with Crippen molar-refractivity contribution in [2.75, 3.05) is 31.1 Å². The second kappa shape index (κ2) is 12.4. The van der Waals surface area contributed by atoms with E-state index in [1.54, 1.807) is 11.8 Å². The number of fused-ring (bicyclic) bond motifs is 1. The number of nitrogens with zero attached hydrogens (tertiary/aromatic N) is 2. The fourth-order valence-corrected chi connectivity index (χ4v) is 4.93. The molecule has 0 spiro atoms. The largest absolute Gasteiger partial charge is 0.465 e. The molecule has 0 saturated carbocycles. The normalized spacial score (nSPS) is 20.2. The third-order valence-electron chi connectivity index (χ3n) is 6.44. The highest BCUT2D eigenvalue weighted by Gasteiger charge is 2.33. The van der Waals surface area contributed by atoms with E-state index < -0.39 is 6.09 Å². The monoisotopic (exact) mass is 508 g/mol. The lowest BCUT2D eigenvalue weighted by Crippen LogP contribution is -2.45. The molecule has 2 atom stereocenters. The van der Waals surface area contributed by atoms with Crippen molar-refractivity contribution >= 4 is 42.5 Å². The molecule has 0 radical (unpaired) electrons. The third kappa shape index (κ3) is 6.42. The molecule has 2 aromatic carbocycles. The maximum atomic E-state index is 12.3. The molecule has 1 fully saturated rings. The summed E-state index contributed by atoms with van der Waals surface area (Å²) in [5.74, 6) is -0.0339. The van der Waals surface area contributed by atoms with Gasteiger partial charge in [0.2, 0.25) is 5.91 Å². The van der Waals surface area contributed by atoms with Crippen LogP contribution in [0, 0.1) is 0 Å². The van der Waals surface area contributed by atoms with Crippen molar-refractivity contribution in [3.63, 3.8) is 0 Å². The van der Waals surface area contributed by atoms with E-state index in [0.717, 1.165) is 55.1 Å². The van der Waals surface area contributed by atoms with Crippen LogP contribution in [0.4, 0.5) is 10.5 Å². The van der Waals surface area contributed by atoms with Crippen molar-refractivity contribution in [1.82, 2.24) is 15.5 Å². The summed E-state index contributed by atoms with van der Waals surface area (Å²) in [7, 11) is 0. The maximum absolute atomic E-state index is 12.3. The van der Waals surface area contributed by atoms with Crippen LogP contribution in [0.15, 0.2) is 42.5 Å². The Bertz CT molecular complexity index is 979. The van der Waals surface area contributed by atoms with E-state index in [1.165, 1.54) is 12.0 Å². The van der Waals surface area contributed by atoms with Crippen molar-refractivity contribution in [2.45, 2.75) is 45.3 Å². The van der Waals surface area contributed by atoms with Crippen LogP contribution in [0.1, 0.15) is 43.9 Å². The molecule has 2 aromatic rings. The molecule has 2 amide bonds. The number of carboxylic acid groups (broad SMARTS) is 1. The van der Waals surface area contributed by atoms with Crippen LogP contribution in [-0.4, -0.2) is 54.2 Å². The average molecular weight is 509 g/mol. The fourth-order valence-electron chi connectivity index (χ4n) is 4.93. The molecule has 1 saturated heterocycles. The van der Waals surface area contributed by atoms with E-state index in [2.05, 4.69) is 39.8 Å². The summed E-state index contributed by atoms with van der Waals surface area (Å²) in [6, 6.07) is 14.2. The van der Waals surface area contributed by atoms with Gasteiger partial charge in [0.05, 0.1) is 6.04 Å². The molecular weight excluding hydrogens is 475 g/mol. The Balaban J connectivity index is 0.00000204. The van der Waals surface area contributed by atoms with Crippen molar-refractivity contribution in [3.05, 3.63) is 53.6 Å². The molecule has 4 rings (SSSR count). The summed E-state index contributed by atoms with van der Waals surface area (Å²) in [4.78, 5) is 27.9. The van der Waals surface area contributed by atoms with Gasteiger partial charge in [-0.15, -0.1) is 24.8 Å². The first-order chi connectivity index (χ1) is 15.4. The summed E-state index contributed by atoms with van der Waals surface area (Å²) in [6.45, 7) is 8.76.